The molecule has 3 N–H and O–H groups in total. The number of carboxylic acid groups (broad SMARTS) is 1. The molecule has 0 atom stereocenters. The van der Waals surface area contributed by atoms with Gasteiger partial charge in [-0.15, -0.1) is 0 Å². The molecular formula is C15H14N2O5. The van der Waals surface area contributed by atoms with E-state index in [-0.39, 0.29) is 23.4 Å². The Morgan fingerprint density at radius 1 is 1.27 bits per heavy atom. The van der Waals surface area contributed by atoms with Gasteiger partial charge in [-0.05, 0) is 23.8 Å². The molecule has 0 aliphatic heterocycles. The molecule has 7 heteroatoms. The Bertz CT molecular complexity index is 795. The molecule has 0 radical (unpaired) electrons. The molecule has 1 heterocycles. The summed E-state index contributed by atoms with van der Waals surface area (Å²) in [5.74, 6) is -1.86. The Labute approximate surface area is 125 Å². The maximum absolute atomic E-state index is 12.3. The van der Waals surface area contributed by atoms with Crippen LogP contribution in [0.25, 0.3) is 0 Å². The number of aromatic carboxylic acids is 1. The fourth-order valence-electron chi connectivity index (χ4n) is 2.02. The molecule has 1 aromatic carbocycles. The number of nitrogens with one attached hydrogen (secondary N) is 1. The Morgan fingerprint density at radius 3 is 2.59 bits per heavy atom. The summed E-state index contributed by atoms with van der Waals surface area (Å²) in [6, 6.07) is 7.27. The quantitative estimate of drug-likeness (QED) is 0.769. The minimum absolute atomic E-state index is 0.0338. The van der Waals surface area contributed by atoms with E-state index in [1.165, 1.54) is 25.4 Å². The number of amides is 1. The number of rotatable bonds is 4. The average molecular weight is 302 g/mol. The second-order valence-electron chi connectivity index (χ2n) is 4.63. The lowest BCUT2D eigenvalue weighted by atomic mass is 10.1. The Kier molecular flexibility index (Phi) is 4.26. The van der Waals surface area contributed by atoms with Gasteiger partial charge in [0.2, 0.25) is 0 Å². The lowest BCUT2D eigenvalue weighted by Crippen LogP contribution is -2.32. The van der Waals surface area contributed by atoms with Crippen LogP contribution in [0.1, 0.15) is 26.3 Å². The van der Waals surface area contributed by atoms with Gasteiger partial charge < -0.3 is 20.1 Å². The Balaban J connectivity index is 2.54. The van der Waals surface area contributed by atoms with Gasteiger partial charge in [0, 0.05) is 13.2 Å². The number of nitrogens with zero attached hydrogens (tertiary/aromatic N) is 1. The van der Waals surface area contributed by atoms with E-state index in [1.54, 1.807) is 12.1 Å². The lowest BCUT2D eigenvalue weighted by Gasteiger charge is -2.10. The molecule has 0 spiro atoms. The van der Waals surface area contributed by atoms with Crippen molar-refractivity contribution in [2.45, 2.75) is 6.54 Å². The summed E-state index contributed by atoms with van der Waals surface area (Å²) in [5.41, 5.74) is -0.416. The Hall–Kier alpha value is -3.09. The third-order valence-electron chi connectivity index (χ3n) is 3.07. The van der Waals surface area contributed by atoms with Gasteiger partial charge in [0.25, 0.3) is 11.5 Å². The van der Waals surface area contributed by atoms with Crippen LogP contribution >= 0.6 is 0 Å². The highest BCUT2D eigenvalue weighted by Crippen LogP contribution is 2.12. The molecule has 1 amide bonds. The standard InChI is InChI=1S/C15H14N2O5/c1-16-13(19)12-6-10(15(21)22)8-17(14(12)20)7-9-3-2-4-11(18)5-9/h2-6,8,18H,7H2,1H3,(H,16,19)(H,21,22). The number of hydrogen-bond donors (Lipinski definition) is 3. The number of pyridine rings is 1. The fourth-order valence-corrected chi connectivity index (χ4v) is 2.02. The van der Waals surface area contributed by atoms with Crippen LogP contribution in [0.5, 0.6) is 5.75 Å². The van der Waals surface area contributed by atoms with Crippen molar-refractivity contribution >= 4 is 11.9 Å². The van der Waals surface area contributed by atoms with Crippen LogP contribution in [0.15, 0.2) is 41.3 Å². The van der Waals surface area contributed by atoms with Gasteiger partial charge in [-0.1, -0.05) is 12.1 Å². The molecule has 114 valence electrons. The van der Waals surface area contributed by atoms with Crippen molar-refractivity contribution in [3.63, 3.8) is 0 Å². The molecule has 0 aliphatic carbocycles. The summed E-state index contributed by atoms with van der Waals surface area (Å²) in [6.07, 6.45) is 1.17. The minimum Gasteiger partial charge on any atom is -0.508 e. The zero-order valence-electron chi connectivity index (χ0n) is 11.7. The number of carboxylic acids is 1. The number of phenolic OH excluding ortho intramolecular Hbond substituents is 1. The van der Waals surface area contributed by atoms with E-state index < -0.39 is 17.4 Å². The van der Waals surface area contributed by atoms with Gasteiger partial charge in [-0.25, -0.2) is 4.79 Å². The van der Waals surface area contributed by atoms with Crippen molar-refractivity contribution in [2.24, 2.45) is 0 Å². The third kappa shape index (κ3) is 3.14. The highest BCUT2D eigenvalue weighted by Gasteiger charge is 2.16. The number of hydrogen-bond acceptors (Lipinski definition) is 4. The molecule has 2 rings (SSSR count). The monoisotopic (exact) mass is 302 g/mol. The topological polar surface area (TPSA) is 109 Å². The van der Waals surface area contributed by atoms with E-state index in [4.69, 9.17) is 5.11 Å². The van der Waals surface area contributed by atoms with E-state index >= 15 is 0 Å². The molecule has 2 aromatic rings. The Morgan fingerprint density at radius 2 is 2.00 bits per heavy atom. The van der Waals surface area contributed by atoms with E-state index in [9.17, 15) is 19.5 Å². The second kappa shape index (κ2) is 6.13. The minimum atomic E-state index is -1.24. The van der Waals surface area contributed by atoms with Crippen LogP contribution in [0.4, 0.5) is 0 Å². The predicted octanol–water partition coefficient (Wildman–Crippen LogP) is 0.660. The molecule has 0 aliphatic rings. The second-order valence-corrected chi connectivity index (χ2v) is 4.63. The maximum Gasteiger partial charge on any atom is 0.337 e. The molecular weight excluding hydrogens is 288 g/mol. The maximum atomic E-state index is 12.3. The van der Waals surface area contributed by atoms with Gasteiger partial charge in [0.15, 0.2) is 0 Å². The highest BCUT2D eigenvalue weighted by molar-refractivity contribution is 5.96. The molecule has 0 saturated heterocycles. The van der Waals surface area contributed by atoms with Crippen LogP contribution in [0.2, 0.25) is 0 Å². The van der Waals surface area contributed by atoms with Crippen molar-refractivity contribution in [2.75, 3.05) is 7.05 Å². The number of aromatic nitrogens is 1. The van der Waals surface area contributed by atoms with Crippen molar-refractivity contribution in [1.29, 1.82) is 0 Å². The van der Waals surface area contributed by atoms with Gasteiger partial charge in [0.1, 0.15) is 11.3 Å². The van der Waals surface area contributed by atoms with Crippen molar-refractivity contribution in [1.82, 2.24) is 9.88 Å². The summed E-state index contributed by atoms with van der Waals surface area (Å²) in [4.78, 5) is 35.1. The fraction of sp³-hybridized carbons (Fsp3) is 0.133. The summed E-state index contributed by atoms with van der Waals surface area (Å²) in [6.45, 7) is 0.0400. The van der Waals surface area contributed by atoms with Crippen LogP contribution < -0.4 is 10.9 Å². The molecule has 7 nitrogen and oxygen atoms in total. The molecule has 0 fully saturated rings. The van der Waals surface area contributed by atoms with Gasteiger partial charge in [-0.3, -0.25) is 9.59 Å². The average Bonchev–Trinajstić information content (AvgIpc) is 2.48. The van der Waals surface area contributed by atoms with E-state index in [2.05, 4.69) is 5.32 Å². The van der Waals surface area contributed by atoms with Gasteiger partial charge in [-0.2, -0.15) is 0 Å². The number of carbonyl (C=O) groups is 2. The molecule has 0 saturated carbocycles. The molecule has 0 unspecified atom stereocenters. The number of carbonyl (C=O) groups excluding carboxylic acids is 1. The van der Waals surface area contributed by atoms with Crippen molar-refractivity contribution in [3.05, 3.63) is 63.6 Å². The highest BCUT2D eigenvalue weighted by atomic mass is 16.4. The summed E-state index contributed by atoms with van der Waals surface area (Å²) < 4.78 is 1.13. The van der Waals surface area contributed by atoms with Crippen molar-refractivity contribution in [3.8, 4) is 5.75 Å². The van der Waals surface area contributed by atoms with E-state index in [0.29, 0.717) is 5.56 Å². The van der Waals surface area contributed by atoms with Crippen LogP contribution in [-0.2, 0) is 6.54 Å². The van der Waals surface area contributed by atoms with Crippen LogP contribution in [-0.4, -0.2) is 33.7 Å². The molecule has 22 heavy (non-hydrogen) atoms. The van der Waals surface area contributed by atoms with Gasteiger partial charge in [0.05, 0.1) is 12.1 Å². The zero-order chi connectivity index (χ0) is 16.3. The van der Waals surface area contributed by atoms with Crippen LogP contribution in [0.3, 0.4) is 0 Å². The predicted molar refractivity (Wildman–Crippen MR) is 78.3 cm³/mol. The summed E-state index contributed by atoms with van der Waals surface area (Å²) >= 11 is 0. The smallest absolute Gasteiger partial charge is 0.337 e. The molecule has 1 aromatic heterocycles. The van der Waals surface area contributed by atoms with E-state index in [1.807, 2.05) is 0 Å². The lowest BCUT2D eigenvalue weighted by molar-refractivity contribution is 0.0696. The first kappa shape index (κ1) is 15.3. The zero-order valence-corrected chi connectivity index (χ0v) is 11.7. The normalized spacial score (nSPS) is 10.2. The number of aromatic hydroxyl groups is 1. The SMILES string of the molecule is CNC(=O)c1cc(C(=O)O)cn(Cc2cccc(O)c2)c1=O. The number of benzene rings is 1. The van der Waals surface area contributed by atoms with Crippen LogP contribution in [0, 0.1) is 0 Å². The number of phenols is 1. The van der Waals surface area contributed by atoms with Crippen molar-refractivity contribution < 1.29 is 19.8 Å². The first-order valence-corrected chi connectivity index (χ1v) is 6.40. The summed E-state index contributed by atoms with van der Waals surface area (Å²) in [5, 5.41) is 20.8. The van der Waals surface area contributed by atoms with Gasteiger partial charge >= 0.3 is 5.97 Å². The summed E-state index contributed by atoms with van der Waals surface area (Å²) in [7, 11) is 1.36. The first-order chi connectivity index (χ1) is 10.4. The first-order valence-electron chi connectivity index (χ1n) is 6.40. The largest absolute Gasteiger partial charge is 0.508 e. The van der Waals surface area contributed by atoms with E-state index in [0.717, 1.165) is 10.6 Å². The molecule has 0 bridgehead atoms. The third-order valence-corrected chi connectivity index (χ3v) is 3.07.